The van der Waals surface area contributed by atoms with Crippen LogP contribution >= 0.6 is 0 Å². The van der Waals surface area contributed by atoms with Gasteiger partial charge in [-0.15, -0.1) is 0 Å². The SMILES string of the molecule is COCc1cc(C2=CNN3C2=CN(c2ccc(C(F)(F)F)cc2)C[C@@H]3C)ccn1. The number of hydrogen-bond donors (Lipinski definition) is 1. The molecule has 2 aromatic rings. The van der Waals surface area contributed by atoms with E-state index in [4.69, 9.17) is 4.74 Å². The predicted octanol–water partition coefficient (Wildman–Crippen LogP) is 4.16. The Labute approximate surface area is 167 Å². The van der Waals surface area contributed by atoms with Gasteiger partial charge >= 0.3 is 6.18 Å². The lowest BCUT2D eigenvalue weighted by Crippen LogP contribution is -2.47. The summed E-state index contributed by atoms with van der Waals surface area (Å²) in [5.74, 6) is 0. The zero-order valence-electron chi connectivity index (χ0n) is 16.1. The Balaban J connectivity index is 1.65. The Morgan fingerprint density at radius 2 is 1.97 bits per heavy atom. The number of allylic oxidation sites excluding steroid dienone is 1. The first kappa shape index (κ1) is 19.3. The summed E-state index contributed by atoms with van der Waals surface area (Å²) in [6, 6.07) is 9.28. The molecule has 2 aliphatic rings. The van der Waals surface area contributed by atoms with Crippen molar-refractivity contribution in [2.75, 3.05) is 18.6 Å². The van der Waals surface area contributed by atoms with Crippen molar-refractivity contribution in [3.8, 4) is 0 Å². The minimum absolute atomic E-state index is 0.117. The van der Waals surface area contributed by atoms with Crippen molar-refractivity contribution in [3.63, 3.8) is 0 Å². The molecule has 2 aliphatic heterocycles. The number of halogens is 3. The molecule has 0 radical (unpaired) electrons. The van der Waals surface area contributed by atoms with E-state index >= 15 is 0 Å². The zero-order valence-corrected chi connectivity index (χ0v) is 16.1. The lowest BCUT2D eigenvalue weighted by molar-refractivity contribution is -0.137. The number of methoxy groups -OCH3 is 1. The normalized spacial score (nSPS) is 18.9. The van der Waals surface area contributed by atoms with Gasteiger partial charge in [0.25, 0.3) is 0 Å². The van der Waals surface area contributed by atoms with Crippen molar-refractivity contribution >= 4 is 11.3 Å². The van der Waals surface area contributed by atoms with Gasteiger partial charge in [0.05, 0.1) is 29.6 Å². The molecule has 0 fully saturated rings. The second-order valence-corrected chi connectivity index (χ2v) is 7.09. The quantitative estimate of drug-likeness (QED) is 0.832. The minimum Gasteiger partial charge on any atom is -0.378 e. The van der Waals surface area contributed by atoms with Crippen LogP contribution in [0.1, 0.15) is 23.7 Å². The molecule has 1 atom stereocenters. The van der Waals surface area contributed by atoms with Crippen LogP contribution in [0.4, 0.5) is 18.9 Å². The summed E-state index contributed by atoms with van der Waals surface area (Å²) < 4.78 is 43.8. The lowest BCUT2D eigenvalue weighted by atomic mass is 10.0. The fourth-order valence-corrected chi connectivity index (χ4v) is 3.60. The van der Waals surface area contributed by atoms with Gasteiger partial charge in [0.1, 0.15) is 0 Å². The van der Waals surface area contributed by atoms with Crippen molar-refractivity contribution < 1.29 is 17.9 Å². The number of hydrazine groups is 1. The monoisotopic (exact) mass is 402 g/mol. The molecule has 0 unspecified atom stereocenters. The zero-order chi connectivity index (χ0) is 20.6. The lowest BCUT2D eigenvalue weighted by Gasteiger charge is -2.38. The maximum atomic E-state index is 12.9. The van der Waals surface area contributed by atoms with Gasteiger partial charge in [-0.25, -0.2) is 0 Å². The molecular formula is C21H21F3N4O. The van der Waals surface area contributed by atoms with Crippen LogP contribution in [0.3, 0.4) is 0 Å². The number of nitrogens with one attached hydrogen (secondary N) is 1. The van der Waals surface area contributed by atoms with Crippen molar-refractivity contribution in [1.29, 1.82) is 0 Å². The van der Waals surface area contributed by atoms with E-state index in [1.54, 1.807) is 13.3 Å². The number of ether oxygens (including phenoxy) is 1. The second-order valence-electron chi connectivity index (χ2n) is 7.09. The Hall–Kier alpha value is -3.00. The number of nitrogens with zero attached hydrogens (tertiary/aromatic N) is 3. The van der Waals surface area contributed by atoms with E-state index in [1.165, 1.54) is 12.1 Å². The topological polar surface area (TPSA) is 40.6 Å². The molecule has 1 aromatic carbocycles. The third-order valence-electron chi connectivity index (χ3n) is 5.01. The van der Waals surface area contributed by atoms with Crippen LogP contribution in [0, 0.1) is 0 Å². The van der Waals surface area contributed by atoms with Crippen molar-refractivity contribution in [1.82, 2.24) is 15.4 Å². The first-order valence-corrected chi connectivity index (χ1v) is 9.23. The highest BCUT2D eigenvalue weighted by Crippen LogP contribution is 2.36. The number of aromatic nitrogens is 1. The average molecular weight is 402 g/mol. The summed E-state index contributed by atoms with van der Waals surface area (Å²) in [4.78, 5) is 6.28. The highest BCUT2D eigenvalue weighted by Gasteiger charge is 2.33. The van der Waals surface area contributed by atoms with Gasteiger partial charge in [-0.3, -0.25) is 9.99 Å². The third-order valence-corrected chi connectivity index (χ3v) is 5.01. The Bertz CT molecular complexity index is 953. The van der Waals surface area contributed by atoms with Crippen LogP contribution in [-0.2, 0) is 17.5 Å². The fraction of sp³-hybridized carbons (Fsp3) is 0.286. The first-order chi connectivity index (χ1) is 13.9. The maximum Gasteiger partial charge on any atom is 0.416 e. The molecule has 0 saturated heterocycles. The van der Waals surface area contributed by atoms with E-state index in [0.29, 0.717) is 13.2 Å². The number of alkyl halides is 3. The third kappa shape index (κ3) is 3.80. The van der Waals surface area contributed by atoms with Gasteiger partial charge in [-0.05, 0) is 48.9 Å². The summed E-state index contributed by atoms with van der Waals surface area (Å²) in [5.41, 5.74) is 7.13. The number of anilines is 1. The van der Waals surface area contributed by atoms with Crippen LogP contribution in [-0.4, -0.2) is 29.7 Å². The standard InChI is InChI=1S/C21H21F3N4O/c1-14-11-27(18-5-3-16(4-6-18)21(22,23)24)12-20-19(10-26-28(14)20)15-7-8-25-17(9-15)13-29-2/h3-10,12,14,26H,11,13H2,1-2H3/t14-/m0/s1. The van der Waals surface area contributed by atoms with Gasteiger partial charge < -0.3 is 15.1 Å². The number of rotatable bonds is 4. The molecule has 8 heteroatoms. The van der Waals surface area contributed by atoms with Crippen LogP contribution in [0.2, 0.25) is 0 Å². The van der Waals surface area contributed by atoms with Crippen molar-refractivity contribution in [2.24, 2.45) is 0 Å². The van der Waals surface area contributed by atoms with E-state index in [-0.39, 0.29) is 6.04 Å². The molecule has 0 aliphatic carbocycles. The molecule has 0 amide bonds. The fourth-order valence-electron chi connectivity index (χ4n) is 3.60. The molecule has 1 N–H and O–H groups in total. The van der Waals surface area contributed by atoms with Crippen LogP contribution in [0.25, 0.3) is 5.57 Å². The Morgan fingerprint density at radius 3 is 2.66 bits per heavy atom. The van der Waals surface area contributed by atoms with E-state index < -0.39 is 11.7 Å². The summed E-state index contributed by atoms with van der Waals surface area (Å²) in [6.07, 6.45) is 1.30. The van der Waals surface area contributed by atoms with Gasteiger partial charge in [-0.2, -0.15) is 13.2 Å². The minimum atomic E-state index is -4.34. The van der Waals surface area contributed by atoms with Gasteiger partial charge in [0.15, 0.2) is 0 Å². The highest BCUT2D eigenvalue weighted by molar-refractivity contribution is 5.81. The van der Waals surface area contributed by atoms with Gasteiger partial charge in [0, 0.05) is 43.5 Å². The summed E-state index contributed by atoms with van der Waals surface area (Å²) in [7, 11) is 1.62. The van der Waals surface area contributed by atoms with Crippen LogP contribution < -0.4 is 10.3 Å². The average Bonchev–Trinajstić information content (AvgIpc) is 3.12. The van der Waals surface area contributed by atoms with Crippen LogP contribution in [0.5, 0.6) is 0 Å². The highest BCUT2D eigenvalue weighted by atomic mass is 19.4. The van der Waals surface area contributed by atoms with E-state index in [0.717, 1.165) is 40.3 Å². The maximum absolute atomic E-state index is 12.9. The summed E-state index contributed by atoms with van der Waals surface area (Å²) in [6.45, 7) is 3.14. The number of pyridine rings is 1. The molecule has 0 bridgehead atoms. The first-order valence-electron chi connectivity index (χ1n) is 9.23. The molecule has 5 nitrogen and oxygen atoms in total. The molecule has 0 spiro atoms. The van der Waals surface area contributed by atoms with Crippen LogP contribution in [0.15, 0.2) is 60.7 Å². The molecule has 29 heavy (non-hydrogen) atoms. The van der Waals surface area contributed by atoms with Gasteiger partial charge in [-0.1, -0.05) is 0 Å². The van der Waals surface area contributed by atoms with E-state index in [2.05, 4.69) is 22.3 Å². The van der Waals surface area contributed by atoms with Gasteiger partial charge in [0.2, 0.25) is 0 Å². The number of hydrogen-bond acceptors (Lipinski definition) is 5. The van der Waals surface area contributed by atoms with E-state index in [9.17, 15) is 13.2 Å². The predicted molar refractivity (Wildman–Crippen MR) is 104 cm³/mol. The summed E-state index contributed by atoms with van der Waals surface area (Å²) in [5, 5.41) is 2.06. The Kier molecular flexibility index (Phi) is 4.96. The molecule has 1 aromatic heterocycles. The summed E-state index contributed by atoms with van der Waals surface area (Å²) >= 11 is 0. The molecule has 4 rings (SSSR count). The number of fused-ring (bicyclic) bond motifs is 1. The smallest absolute Gasteiger partial charge is 0.378 e. The Morgan fingerprint density at radius 1 is 1.21 bits per heavy atom. The number of benzene rings is 1. The van der Waals surface area contributed by atoms with Crippen molar-refractivity contribution in [3.05, 3.63) is 77.5 Å². The molecule has 0 saturated carbocycles. The molecule has 3 heterocycles. The van der Waals surface area contributed by atoms with Crippen molar-refractivity contribution in [2.45, 2.75) is 25.7 Å². The molecular weight excluding hydrogens is 381 g/mol. The second kappa shape index (κ2) is 7.44. The molecule has 152 valence electrons. The van der Waals surface area contributed by atoms with E-state index in [1.807, 2.05) is 29.4 Å². The largest absolute Gasteiger partial charge is 0.416 e.